The number of hydrogen-bond acceptors (Lipinski definition) is 1. The van der Waals surface area contributed by atoms with E-state index in [0.29, 0.717) is 4.95 Å². The van der Waals surface area contributed by atoms with Gasteiger partial charge >= 0.3 is 0 Å². The standard InChI is InChI=1S/C8H18BrN.BrH/c1-4-5-6-7-8(9)10(2)3;/h8H,4-7H2,1-3H3;1H. The third-order valence-corrected chi connectivity index (χ3v) is 2.88. The predicted octanol–water partition coefficient (Wildman–Crippen LogP) is 3.43. The first-order chi connectivity index (χ1) is 4.68. The maximum atomic E-state index is 3.60. The topological polar surface area (TPSA) is 3.24 Å². The Balaban J connectivity index is 0. The fraction of sp³-hybridized carbons (Fsp3) is 1.00. The summed E-state index contributed by atoms with van der Waals surface area (Å²) in [5, 5.41) is 0. The highest BCUT2D eigenvalue weighted by Crippen LogP contribution is 2.12. The molecule has 0 aromatic rings. The minimum atomic E-state index is 0. The molecule has 0 fully saturated rings. The molecule has 0 aliphatic carbocycles. The molecule has 0 saturated carbocycles. The van der Waals surface area contributed by atoms with Crippen LogP contribution in [0.3, 0.4) is 0 Å². The van der Waals surface area contributed by atoms with Gasteiger partial charge in [-0.25, -0.2) is 0 Å². The van der Waals surface area contributed by atoms with Gasteiger partial charge in [0.05, 0.1) is 4.95 Å². The minimum Gasteiger partial charge on any atom is -0.297 e. The van der Waals surface area contributed by atoms with Crippen LogP contribution in [-0.4, -0.2) is 23.9 Å². The van der Waals surface area contributed by atoms with Crippen LogP contribution in [0.15, 0.2) is 0 Å². The summed E-state index contributed by atoms with van der Waals surface area (Å²) in [6.07, 6.45) is 5.27. The molecule has 3 heteroatoms. The Bertz CT molecular complexity index is 76.5. The normalized spacial score (nSPS) is 12.8. The highest BCUT2D eigenvalue weighted by atomic mass is 79.9. The zero-order chi connectivity index (χ0) is 7.98. The van der Waals surface area contributed by atoms with Crippen molar-refractivity contribution in [3.05, 3.63) is 0 Å². The van der Waals surface area contributed by atoms with Gasteiger partial charge in [0.1, 0.15) is 0 Å². The lowest BCUT2D eigenvalue weighted by Gasteiger charge is -2.17. The zero-order valence-corrected chi connectivity index (χ0v) is 10.9. The highest BCUT2D eigenvalue weighted by Gasteiger charge is 2.03. The van der Waals surface area contributed by atoms with E-state index in [4.69, 9.17) is 0 Å². The smallest absolute Gasteiger partial charge is 0.0650 e. The molecule has 1 unspecified atom stereocenters. The van der Waals surface area contributed by atoms with Crippen LogP contribution in [-0.2, 0) is 0 Å². The molecule has 0 spiro atoms. The lowest BCUT2D eigenvalue weighted by molar-refractivity contribution is 0.365. The van der Waals surface area contributed by atoms with Gasteiger partial charge in [-0.3, -0.25) is 4.90 Å². The van der Waals surface area contributed by atoms with Gasteiger partial charge in [0.2, 0.25) is 0 Å². The Hall–Kier alpha value is 0.920. The summed E-state index contributed by atoms with van der Waals surface area (Å²) < 4.78 is 0. The van der Waals surface area contributed by atoms with Gasteiger partial charge in [0.25, 0.3) is 0 Å². The van der Waals surface area contributed by atoms with Crippen molar-refractivity contribution in [3.8, 4) is 0 Å². The third kappa shape index (κ3) is 8.83. The number of alkyl halides is 1. The molecule has 0 bridgehead atoms. The summed E-state index contributed by atoms with van der Waals surface area (Å²) in [5.41, 5.74) is 0. The Labute approximate surface area is 89.4 Å². The van der Waals surface area contributed by atoms with Gasteiger partial charge in [-0.2, -0.15) is 0 Å². The molecular weight excluding hydrogens is 270 g/mol. The zero-order valence-electron chi connectivity index (χ0n) is 7.64. The van der Waals surface area contributed by atoms with Crippen molar-refractivity contribution in [1.29, 1.82) is 0 Å². The number of halogens is 2. The van der Waals surface area contributed by atoms with Crippen LogP contribution in [0.5, 0.6) is 0 Å². The molecule has 0 aromatic heterocycles. The number of rotatable bonds is 5. The summed E-state index contributed by atoms with van der Waals surface area (Å²) in [5.74, 6) is 0. The fourth-order valence-corrected chi connectivity index (χ4v) is 1.14. The van der Waals surface area contributed by atoms with E-state index in [1.807, 2.05) is 0 Å². The van der Waals surface area contributed by atoms with Crippen LogP contribution >= 0.6 is 32.9 Å². The predicted molar refractivity (Wildman–Crippen MR) is 60.9 cm³/mol. The molecule has 1 atom stereocenters. The molecule has 1 nitrogen and oxygen atoms in total. The monoisotopic (exact) mass is 287 g/mol. The van der Waals surface area contributed by atoms with Crippen LogP contribution in [0.4, 0.5) is 0 Å². The van der Waals surface area contributed by atoms with Crippen LogP contribution in [0.2, 0.25) is 0 Å². The number of nitrogens with zero attached hydrogens (tertiary/aromatic N) is 1. The van der Waals surface area contributed by atoms with E-state index in [1.165, 1.54) is 25.7 Å². The van der Waals surface area contributed by atoms with Crippen LogP contribution in [0.1, 0.15) is 32.6 Å². The molecule has 0 saturated heterocycles. The quantitative estimate of drug-likeness (QED) is 0.426. The molecule has 0 aromatic carbocycles. The van der Waals surface area contributed by atoms with Crippen molar-refractivity contribution >= 4 is 32.9 Å². The number of unbranched alkanes of at least 4 members (excludes halogenated alkanes) is 2. The van der Waals surface area contributed by atoms with E-state index in [1.54, 1.807) is 0 Å². The van der Waals surface area contributed by atoms with Crippen LogP contribution < -0.4 is 0 Å². The fourth-order valence-electron chi connectivity index (χ4n) is 0.821. The Morgan fingerprint density at radius 1 is 1.27 bits per heavy atom. The molecule has 0 amide bonds. The maximum absolute atomic E-state index is 3.60. The molecule has 11 heavy (non-hydrogen) atoms. The first kappa shape index (κ1) is 14.4. The third-order valence-electron chi connectivity index (χ3n) is 1.61. The highest BCUT2D eigenvalue weighted by molar-refractivity contribution is 9.09. The van der Waals surface area contributed by atoms with E-state index in [2.05, 4.69) is 41.8 Å². The summed E-state index contributed by atoms with van der Waals surface area (Å²) in [7, 11) is 4.21. The van der Waals surface area contributed by atoms with Crippen molar-refractivity contribution in [2.45, 2.75) is 37.6 Å². The van der Waals surface area contributed by atoms with E-state index >= 15 is 0 Å². The lowest BCUT2D eigenvalue weighted by Crippen LogP contribution is -2.21. The molecule has 70 valence electrons. The Kier molecular flexibility index (Phi) is 11.8. The average molecular weight is 289 g/mol. The summed E-state index contributed by atoms with van der Waals surface area (Å²) in [6.45, 7) is 2.24. The van der Waals surface area contributed by atoms with E-state index in [0.717, 1.165) is 0 Å². The van der Waals surface area contributed by atoms with Crippen molar-refractivity contribution < 1.29 is 0 Å². The van der Waals surface area contributed by atoms with Gasteiger partial charge in [0.15, 0.2) is 0 Å². The van der Waals surface area contributed by atoms with Crippen molar-refractivity contribution in [3.63, 3.8) is 0 Å². The van der Waals surface area contributed by atoms with E-state index in [-0.39, 0.29) is 17.0 Å². The first-order valence-electron chi connectivity index (χ1n) is 3.99. The van der Waals surface area contributed by atoms with Gasteiger partial charge in [-0.05, 0) is 20.5 Å². The minimum absolute atomic E-state index is 0. The lowest BCUT2D eigenvalue weighted by atomic mass is 10.2. The van der Waals surface area contributed by atoms with Gasteiger partial charge < -0.3 is 0 Å². The van der Waals surface area contributed by atoms with E-state index in [9.17, 15) is 0 Å². The van der Waals surface area contributed by atoms with Crippen LogP contribution in [0, 0.1) is 0 Å². The largest absolute Gasteiger partial charge is 0.297 e. The maximum Gasteiger partial charge on any atom is 0.0650 e. The van der Waals surface area contributed by atoms with Crippen molar-refractivity contribution in [2.24, 2.45) is 0 Å². The van der Waals surface area contributed by atoms with Gasteiger partial charge in [-0.1, -0.05) is 42.1 Å². The molecule has 0 N–H and O–H groups in total. The second-order valence-corrected chi connectivity index (χ2v) is 3.95. The van der Waals surface area contributed by atoms with Crippen LogP contribution in [0.25, 0.3) is 0 Å². The van der Waals surface area contributed by atoms with Crippen molar-refractivity contribution in [2.75, 3.05) is 14.1 Å². The molecule has 0 radical (unpaired) electrons. The molecule has 0 aliphatic heterocycles. The average Bonchev–Trinajstić information content (AvgIpc) is 1.88. The second-order valence-electron chi connectivity index (χ2n) is 2.89. The van der Waals surface area contributed by atoms with E-state index < -0.39 is 0 Å². The summed E-state index contributed by atoms with van der Waals surface area (Å²) >= 11 is 3.60. The summed E-state index contributed by atoms with van der Waals surface area (Å²) in [4.78, 5) is 2.77. The Morgan fingerprint density at radius 2 is 1.82 bits per heavy atom. The molecule has 0 rings (SSSR count). The molecule has 0 aliphatic rings. The van der Waals surface area contributed by atoms with Gasteiger partial charge in [0, 0.05) is 0 Å². The Morgan fingerprint density at radius 3 is 2.18 bits per heavy atom. The first-order valence-corrected chi connectivity index (χ1v) is 4.90. The molecular formula is C8H19Br2N. The van der Waals surface area contributed by atoms with Gasteiger partial charge in [-0.15, -0.1) is 17.0 Å². The van der Waals surface area contributed by atoms with Crippen molar-refractivity contribution in [1.82, 2.24) is 4.90 Å². The molecule has 0 heterocycles. The second kappa shape index (κ2) is 9.01. The number of hydrogen-bond donors (Lipinski definition) is 0. The summed E-state index contributed by atoms with van der Waals surface area (Å²) in [6, 6.07) is 0. The SMILES string of the molecule is Br.CCCCCC(Br)N(C)C.